The van der Waals surface area contributed by atoms with Gasteiger partial charge in [-0.25, -0.2) is 9.45 Å². The smallest absolute Gasteiger partial charge is 0.294 e. The third kappa shape index (κ3) is 2.35. The number of carbonyl (C=O) groups is 1. The number of benzene rings is 2. The van der Waals surface area contributed by atoms with Gasteiger partial charge in [-0.15, -0.1) is 0 Å². The van der Waals surface area contributed by atoms with Crippen LogP contribution in [0.2, 0.25) is 0 Å². The van der Waals surface area contributed by atoms with Crippen LogP contribution in [-0.4, -0.2) is 29.7 Å². The highest BCUT2D eigenvalue weighted by atomic mass is 19.1. The minimum Gasteiger partial charge on any atom is -0.305 e. The van der Waals surface area contributed by atoms with Crippen molar-refractivity contribution in [2.45, 2.75) is 0 Å². The lowest BCUT2D eigenvalue weighted by Gasteiger charge is -2.16. The molecule has 0 saturated heterocycles. The minimum absolute atomic E-state index is 0.303. The molecule has 112 valence electrons. The molecule has 0 unspecified atom stereocenters. The first-order valence-corrected chi connectivity index (χ1v) is 6.80. The molecule has 1 aromatic heterocycles. The molecule has 3 aromatic rings. The van der Waals surface area contributed by atoms with Crippen LogP contribution >= 0.6 is 0 Å². The second kappa shape index (κ2) is 5.61. The first-order chi connectivity index (χ1) is 10.6. The summed E-state index contributed by atoms with van der Waals surface area (Å²) < 4.78 is 15.3. The van der Waals surface area contributed by atoms with Gasteiger partial charge in [0.1, 0.15) is 11.5 Å². The third-order valence-corrected chi connectivity index (χ3v) is 3.56. The normalized spacial score (nSPS) is 10.9. The van der Waals surface area contributed by atoms with Crippen molar-refractivity contribution in [1.82, 2.24) is 9.63 Å². The van der Waals surface area contributed by atoms with Gasteiger partial charge in [-0.1, -0.05) is 24.3 Å². The van der Waals surface area contributed by atoms with Crippen LogP contribution in [0.4, 0.5) is 4.39 Å². The van der Waals surface area contributed by atoms with Crippen molar-refractivity contribution < 1.29 is 14.0 Å². The highest BCUT2D eigenvalue weighted by Crippen LogP contribution is 2.25. The van der Waals surface area contributed by atoms with Gasteiger partial charge in [-0.05, 0) is 30.3 Å². The molecule has 5 heteroatoms. The maximum atomic E-state index is 13.6. The van der Waals surface area contributed by atoms with Crippen LogP contribution in [0.1, 0.15) is 10.5 Å². The number of hydroxylamine groups is 2. The maximum Gasteiger partial charge on any atom is 0.294 e. The molecule has 1 heterocycles. The van der Waals surface area contributed by atoms with E-state index >= 15 is 0 Å². The van der Waals surface area contributed by atoms with Gasteiger partial charge in [0.15, 0.2) is 0 Å². The molecule has 2 aromatic carbocycles. The Morgan fingerprint density at radius 1 is 1.14 bits per heavy atom. The summed E-state index contributed by atoms with van der Waals surface area (Å²) in [5, 5.41) is 2.05. The predicted molar refractivity (Wildman–Crippen MR) is 82.3 cm³/mol. The van der Waals surface area contributed by atoms with Crippen molar-refractivity contribution in [1.29, 1.82) is 0 Å². The molecular formula is C17H15FN2O2. The van der Waals surface area contributed by atoms with E-state index in [1.807, 2.05) is 24.3 Å². The molecule has 0 bridgehead atoms. The van der Waals surface area contributed by atoms with E-state index in [2.05, 4.69) is 0 Å². The Bertz CT molecular complexity index is 842. The van der Waals surface area contributed by atoms with Gasteiger partial charge in [-0.2, -0.15) is 0 Å². The Labute approximate surface area is 127 Å². The average Bonchev–Trinajstić information content (AvgIpc) is 2.92. The van der Waals surface area contributed by atoms with Gasteiger partial charge in [0, 0.05) is 18.1 Å². The summed E-state index contributed by atoms with van der Waals surface area (Å²) in [4.78, 5) is 17.5. The summed E-state index contributed by atoms with van der Waals surface area (Å²) >= 11 is 0. The van der Waals surface area contributed by atoms with Crippen LogP contribution in [0, 0.1) is 5.82 Å². The van der Waals surface area contributed by atoms with Crippen LogP contribution in [0.15, 0.2) is 54.6 Å². The second-order valence-electron chi connectivity index (χ2n) is 4.89. The minimum atomic E-state index is -0.353. The van der Waals surface area contributed by atoms with E-state index in [9.17, 15) is 9.18 Å². The fourth-order valence-electron chi connectivity index (χ4n) is 2.45. The largest absolute Gasteiger partial charge is 0.305 e. The molecule has 0 saturated carbocycles. The van der Waals surface area contributed by atoms with Crippen molar-refractivity contribution >= 4 is 16.8 Å². The van der Waals surface area contributed by atoms with Gasteiger partial charge < -0.3 is 4.57 Å². The monoisotopic (exact) mass is 298 g/mol. The highest BCUT2D eigenvalue weighted by Gasteiger charge is 2.20. The Kier molecular flexibility index (Phi) is 3.65. The number of para-hydroxylation sites is 1. The Hall–Kier alpha value is -2.66. The van der Waals surface area contributed by atoms with E-state index in [0.717, 1.165) is 16.0 Å². The number of hydrogen-bond donors (Lipinski definition) is 0. The molecule has 0 atom stereocenters. The summed E-state index contributed by atoms with van der Waals surface area (Å²) in [6.07, 6.45) is 0. The molecular weight excluding hydrogens is 283 g/mol. The highest BCUT2D eigenvalue weighted by molar-refractivity contribution is 5.99. The molecule has 1 amide bonds. The first-order valence-electron chi connectivity index (χ1n) is 6.80. The predicted octanol–water partition coefficient (Wildman–Crippen LogP) is 3.40. The Balaban J connectivity index is 2.28. The summed E-state index contributed by atoms with van der Waals surface area (Å²) in [6.45, 7) is 0. The van der Waals surface area contributed by atoms with Gasteiger partial charge in [-0.3, -0.25) is 9.63 Å². The number of amides is 1. The summed E-state index contributed by atoms with van der Waals surface area (Å²) in [7, 11) is 2.96. The maximum absolute atomic E-state index is 13.6. The van der Waals surface area contributed by atoms with E-state index in [1.54, 1.807) is 22.8 Å². The SMILES string of the molecule is CON(C)C(=O)c1cc2ccccc2n1-c1cccc(F)c1. The van der Waals surface area contributed by atoms with E-state index in [0.29, 0.717) is 11.4 Å². The molecule has 4 nitrogen and oxygen atoms in total. The number of fused-ring (bicyclic) bond motifs is 1. The van der Waals surface area contributed by atoms with Crippen molar-refractivity contribution in [2.24, 2.45) is 0 Å². The zero-order valence-electron chi connectivity index (χ0n) is 12.3. The van der Waals surface area contributed by atoms with Crippen molar-refractivity contribution in [3.8, 4) is 5.69 Å². The number of rotatable bonds is 3. The lowest BCUT2D eigenvalue weighted by molar-refractivity contribution is -0.0761. The molecule has 22 heavy (non-hydrogen) atoms. The van der Waals surface area contributed by atoms with Crippen molar-refractivity contribution in [3.05, 3.63) is 66.1 Å². The van der Waals surface area contributed by atoms with Crippen LogP contribution in [0.5, 0.6) is 0 Å². The summed E-state index contributed by atoms with van der Waals surface area (Å²) in [5.74, 6) is -0.656. The molecule has 0 spiro atoms. The van der Waals surface area contributed by atoms with E-state index in [-0.39, 0.29) is 11.7 Å². The zero-order chi connectivity index (χ0) is 15.7. The summed E-state index contributed by atoms with van der Waals surface area (Å²) in [6, 6.07) is 15.5. The van der Waals surface area contributed by atoms with E-state index in [4.69, 9.17) is 4.84 Å². The Morgan fingerprint density at radius 2 is 1.91 bits per heavy atom. The zero-order valence-corrected chi connectivity index (χ0v) is 12.3. The van der Waals surface area contributed by atoms with Gasteiger partial charge in [0.25, 0.3) is 5.91 Å². The Morgan fingerprint density at radius 3 is 2.64 bits per heavy atom. The van der Waals surface area contributed by atoms with Crippen LogP contribution in [0.25, 0.3) is 16.6 Å². The number of carbonyl (C=O) groups excluding carboxylic acids is 1. The second-order valence-corrected chi connectivity index (χ2v) is 4.89. The fourth-order valence-corrected chi connectivity index (χ4v) is 2.45. The van der Waals surface area contributed by atoms with E-state index in [1.165, 1.54) is 26.3 Å². The number of hydrogen-bond acceptors (Lipinski definition) is 2. The number of nitrogens with zero attached hydrogens (tertiary/aromatic N) is 2. The van der Waals surface area contributed by atoms with Crippen LogP contribution < -0.4 is 0 Å². The lowest BCUT2D eigenvalue weighted by atomic mass is 10.2. The molecule has 0 fully saturated rings. The average molecular weight is 298 g/mol. The molecule has 0 radical (unpaired) electrons. The molecule has 0 aliphatic rings. The molecule has 3 rings (SSSR count). The van der Waals surface area contributed by atoms with Gasteiger partial charge >= 0.3 is 0 Å². The lowest BCUT2D eigenvalue weighted by Crippen LogP contribution is -2.27. The van der Waals surface area contributed by atoms with Crippen molar-refractivity contribution in [2.75, 3.05) is 14.2 Å². The summed E-state index contributed by atoms with van der Waals surface area (Å²) in [5.41, 5.74) is 1.84. The first kappa shape index (κ1) is 14.3. The molecule has 0 aliphatic heterocycles. The molecule has 0 N–H and O–H groups in total. The van der Waals surface area contributed by atoms with Gasteiger partial charge in [0.05, 0.1) is 12.6 Å². The fraction of sp³-hybridized carbons (Fsp3) is 0.118. The van der Waals surface area contributed by atoms with Crippen LogP contribution in [-0.2, 0) is 4.84 Å². The molecule has 0 aliphatic carbocycles. The quantitative estimate of drug-likeness (QED) is 0.695. The number of aromatic nitrogens is 1. The third-order valence-electron chi connectivity index (χ3n) is 3.56. The van der Waals surface area contributed by atoms with Gasteiger partial charge in [0.2, 0.25) is 0 Å². The number of halogens is 1. The van der Waals surface area contributed by atoms with Crippen LogP contribution in [0.3, 0.4) is 0 Å². The standard InChI is InChI=1S/C17H15FN2O2/c1-19(22-2)17(21)16-10-12-6-3-4-9-15(12)20(16)14-8-5-7-13(18)11-14/h3-11H,1-2H3. The van der Waals surface area contributed by atoms with Crippen molar-refractivity contribution in [3.63, 3.8) is 0 Å². The van der Waals surface area contributed by atoms with E-state index < -0.39 is 0 Å². The topological polar surface area (TPSA) is 34.5 Å².